The largest absolute Gasteiger partial charge is 0.505 e. The Morgan fingerprint density at radius 3 is 2.65 bits per heavy atom. The van der Waals surface area contributed by atoms with E-state index in [4.69, 9.17) is 9.84 Å². The molecule has 0 bridgehead atoms. The van der Waals surface area contributed by atoms with Crippen molar-refractivity contribution in [1.82, 2.24) is 0 Å². The lowest BCUT2D eigenvalue weighted by molar-refractivity contribution is 0.407. The predicted octanol–water partition coefficient (Wildman–Crippen LogP) is 4.68. The van der Waals surface area contributed by atoms with Gasteiger partial charge in [0.15, 0.2) is 11.6 Å². The molecule has 106 valence electrons. The summed E-state index contributed by atoms with van der Waals surface area (Å²) in [6.45, 7) is 0.464. The van der Waals surface area contributed by atoms with Gasteiger partial charge in [0.05, 0.1) is 11.6 Å². The van der Waals surface area contributed by atoms with Crippen molar-refractivity contribution < 1.29 is 14.2 Å². The highest BCUT2D eigenvalue weighted by atomic mass is 79.9. The summed E-state index contributed by atoms with van der Waals surface area (Å²) >= 11 is 6.85. The molecule has 0 radical (unpaired) electrons. The van der Waals surface area contributed by atoms with Crippen LogP contribution in [0.15, 0.2) is 39.3 Å². The fourth-order valence-electron chi connectivity index (χ4n) is 1.79. The molecule has 0 aromatic heterocycles. The van der Waals surface area contributed by atoms with Crippen LogP contribution in [0.1, 0.15) is 5.56 Å². The van der Waals surface area contributed by atoms with E-state index in [9.17, 15) is 4.39 Å². The molecular formula is C14H12Br2FNO2. The van der Waals surface area contributed by atoms with E-state index >= 15 is 0 Å². The third kappa shape index (κ3) is 3.43. The molecular weight excluding hydrogens is 393 g/mol. The molecule has 0 fully saturated rings. The molecule has 0 spiro atoms. The third-order valence-electron chi connectivity index (χ3n) is 2.72. The molecule has 0 heterocycles. The number of halogens is 3. The van der Waals surface area contributed by atoms with Gasteiger partial charge in [0.2, 0.25) is 0 Å². The Kier molecular flexibility index (Phi) is 4.88. The molecule has 2 aromatic rings. The van der Waals surface area contributed by atoms with Crippen LogP contribution >= 0.6 is 31.9 Å². The van der Waals surface area contributed by atoms with Crippen molar-refractivity contribution >= 4 is 37.5 Å². The van der Waals surface area contributed by atoms with E-state index in [1.165, 1.54) is 12.1 Å². The number of nitrogens with one attached hydrogen (secondary N) is 1. The van der Waals surface area contributed by atoms with Crippen LogP contribution in [0, 0.1) is 5.82 Å². The minimum atomic E-state index is -0.655. The second-order valence-corrected chi connectivity index (χ2v) is 5.87. The summed E-state index contributed by atoms with van der Waals surface area (Å²) in [5.74, 6) is -0.296. The van der Waals surface area contributed by atoms with Crippen molar-refractivity contribution in [2.45, 2.75) is 6.54 Å². The average molecular weight is 405 g/mol. The molecule has 0 aliphatic carbocycles. The zero-order valence-corrected chi connectivity index (χ0v) is 13.8. The first kappa shape index (κ1) is 15.1. The summed E-state index contributed by atoms with van der Waals surface area (Å²) in [5.41, 5.74) is 1.50. The first-order valence-electron chi connectivity index (χ1n) is 5.75. The van der Waals surface area contributed by atoms with Crippen LogP contribution in [-0.4, -0.2) is 12.2 Å². The fourth-order valence-corrected chi connectivity index (χ4v) is 3.26. The predicted molar refractivity (Wildman–Crippen MR) is 83.8 cm³/mol. The number of phenolic OH excluding ortho intramolecular Hbond substituents is 1. The summed E-state index contributed by atoms with van der Waals surface area (Å²) < 4.78 is 20.3. The number of methoxy groups -OCH3 is 1. The van der Waals surface area contributed by atoms with Gasteiger partial charge in [-0.3, -0.25) is 0 Å². The number of anilines is 1. The molecule has 0 atom stereocenters. The molecule has 0 aliphatic rings. The van der Waals surface area contributed by atoms with Crippen LogP contribution in [-0.2, 0) is 6.54 Å². The van der Waals surface area contributed by atoms with Crippen LogP contribution in [0.3, 0.4) is 0 Å². The van der Waals surface area contributed by atoms with Gasteiger partial charge >= 0.3 is 0 Å². The van der Waals surface area contributed by atoms with Crippen molar-refractivity contribution in [2.75, 3.05) is 12.4 Å². The van der Waals surface area contributed by atoms with Crippen LogP contribution < -0.4 is 10.1 Å². The summed E-state index contributed by atoms with van der Waals surface area (Å²) in [6.07, 6.45) is 0. The van der Waals surface area contributed by atoms with Crippen LogP contribution in [0.25, 0.3) is 0 Å². The Morgan fingerprint density at radius 2 is 2.00 bits per heavy atom. The number of rotatable bonds is 4. The molecule has 0 aliphatic heterocycles. The van der Waals surface area contributed by atoms with E-state index in [2.05, 4.69) is 37.2 Å². The van der Waals surface area contributed by atoms with Gasteiger partial charge in [-0.1, -0.05) is 15.9 Å². The molecule has 0 saturated heterocycles. The second kappa shape index (κ2) is 6.45. The Bertz CT molecular complexity index is 635. The normalized spacial score (nSPS) is 10.4. The minimum Gasteiger partial charge on any atom is -0.505 e. The van der Waals surface area contributed by atoms with Crippen LogP contribution in [0.2, 0.25) is 0 Å². The van der Waals surface area contributed by atoms with Crippen molar-refractivity contribution in [3.63, 3.8) is 0 Å². The molecule has 6 heteroatoms. The van der Waals surface area contributed by atoms with Crippen molar-refractivity contribution in [3.8, 4) is 11.5 Å². The lowest BCUT2D eigenvalue weighted by Crippen LogP contribution is -2.02. The standard InChI is InChI=1S/C14H12Br2FNO2/c1-20-14-8(4-9(15)5-11(14)16)7-18-10-2-3-13(19)12(17)6-10/h2-6,18-19H,7H2,1H3. The number of ether oxygens (including phenoxy) is 1. The lowest BCUT2D eigenvalue weighted by Gasteiger charge is -2.13. The summed E-state index contributed by atoms with van der Waals surface area (Å²) in [5, 5.41) is 12.2. The highest BCUT2D eigenvalue weighted by Crippen LogP contribution is 2.33. The van der Waals surface area contributed by atoms with Gasteiger partial charge in [0.25, 0.3) is 0 Å². The molecule has 0 unspecified atom stereocenters. The minimum absolute atomic E-state index is 0.363. The van der Waals surface area contributed by atoms with E-state index in [0.717, 1.165) is 20.3 Å². The molecule has 0 saturated carbocycles. The number of phenols is 1. The summed E-state index contributed by atoms with van der Waals surface area (Å²) in [6, 6.07) is 7.98. The van der Waals surface area contributed by atoms with Crippen molar-refractivity contribution in [1.29, 1.82) is 0 Å². The molecule has 0 amide bonds. The smallest absolute Gasteiger partial charge is 0.166 e. The third-order valence-corrected chi connectivity index (χ3v) is 3.77. The molecule has 2 rings (SSSR count). The average Bonchev–Trinajstić information content (AvgIpc) is 2.39. The van der Waals surface area contributed by atoms with E-state index in [1.807, 2.05) is 12.1 Å². The van der Waals surface area contributed by atoms with Gasteiger partial charge in [-0.25, -0.2) is 4.39 Å². The maximum atomic E-state index is 13.2. The Hall–Kier alpha value is -1.27. The van der Waals surface area contributed by atoms with Gasteiger partial charge in [0, 0.05) is 28.3 Å². The zero-order valence-electron chi connectivity index (χ0n) is 10.6. The molecule has 2 aromatic carbocycles. The fraction of sp³-hybridized carbons (Fsp3) is 0.143. The number of hydrogen-bond acceptors (Lipinski definition) is 3. The zero-order chi connectivity index (χ0) is 14.7. The van der Waals surface area contributed by atoms with Gasteiger partial charge in [-0.15, -0.1) is 0 Å². The van der Waals surface area contributed by atoms with E-state index < -0.39 is 5.82 Å². The van der Waals surface area contributed by atoms with Gasteiger partial charge in [0.1, 0.15) is 5.75 Å². The quantitative estimate of drug-likeness (QED) is 0.727. The summed E-state index contributed by atoms with van der Waals surface area (Å²) in [7, 11) is 1.59. The maximum absolute atomic E-state index is 13.2. The highest BCUT2D eigenvalue weighted by molar-refractivity contribution is 9.11. The number of benzene rings is 2. The Labute approximate surface area is 133 Å². The van der Waals surface area contributed by atoms with E-state index in [0.29, 0.717) is 12.2 Å². The first-order chi connectivity index (χ1) is 9.51. The maximum Gasteiger partial charge on any atom is 0.166 e. The van der Waals surface area contributed by atoms with Crippen LogP contribution in [0.4, 0.5) is 10.1 Å². The molecule has 3 nitrogen and oxygen atoms in total. The second-order valence-electron chi connectivity index (χ2n) is 4.10. The number of aromatic hydroxyl groups is 1. The monoisotopic (exact) mass is 403 g/mol. The van der Waals surface area contributed by atoms with Gasteiger partial charge in [-0.05, 0) is 40.2 Å². The van der Waals surface area contributed by atoms with Crippen molar-refractivity contribution in [3.05, 3.63) is 50.7 Å². The SMILES string of the molecule is COc1c(Br)cc(Br)cc1CNc1ccc(O)c(F)c1. The van der Waals surface area contributed by atoms with Gasteiger partial charge in [-0.2, -0.15) is 0 Å². The Morgan fingerprint density at radius 1 is 1.25 bits per heavy atom. The van der Waals surface area contributed by atoms with Crippen molar-refractivity contribution in [2.24, 2.45) is 0 Å². The lowest BCUT2D eigenvalue weighted by atomic mass is 10.2. The topological polar surface area (TPSA) is 41.5 Å². The summed E-state index contributed by atoms with van der Waals surface area (Å²) in [4.78, 5) is 0. The molecule has 2 N–H and O–H groups in total. The highest BCUT2D eigenvalue weighted by Gasteiger charge is 2.09. The van der Waals surface area contributed by atoms with Crippen LogP contribution in [0.5, 0.6) is 11.5 Å². The van der Waals surface area contributed by atoms with E-state index in [-0.39, 0.29) is 5.75 Å². The Balaban J connectivity index is 2.20. The number of hydrogen-bond donors (Lipinski definition) is 2. The van der Waals surface area contributed by atoms with E-state index in [1.54, 1.807) is 13.2 Å². The first-order valence-corrected chi connectivity index (χ1v) is 7.34. The molecule has 20 heavy (non-hydrogen) atoms. The van der Waals surface area contributed by atoms with Gasteiger partial charge < -0.3 is 15.2 Å².